The van der Waals surface area contributed by atoms with E-state index in [9.17, 15) is 4.79 Å². The zero-order valence-electron chi connectivity index (χ0n) is 10.5. The van der Waals surface area contributed by atoms with Gasteiger partial charge in [-0.2, -0.15) is 0 Å². The van der Waals surface area contributed by atoms with Crippen molar-refractivity contribution in [3.8, 4) is 0 Å². The smallest absolute Gasteiger partial charge is 0.136 e. The van der Waals surface area contributed by atoms with E-state index in [4.69, 9.17) is 4.74 Å². The molecule has 0 N–H and O–H groups in total. The average molecular weight is 224 g/mol. The van der Waals surface area contributed by atoms with E-state index in [1.165, 1.54) is 32.1 Å². The minimum Gasteiger partial charge on any atom is -0.375 e. The minimum atomic E-state index is 0.128. The molecular weight excluding hydrogens is 200 g/mol. The molecular formula is C14H24O2. The second-order valence-electron chi connectivity index (χ2n) is 5.50. The Morgan fingerprint density at radius 3 is 2.81 bits per heavy atom. The first-order chi connectivity index (χ1) is 7.76. The molecule has 1 spiro atoms. The van der Waals surface area contributed by atoms with Crippen molar-refractivity contribution in [2.24, 2.45) is 5.92 Å². The van der Waals surface area contributed by atoms with Gasteiger partial charge in [-0.05, 0) is 38.5 Å². The summed E-state index contributed by atoms with van der Waals surface area (Å²) in [4.78, 5) is 12.0. The van der Waals surface area contributed by atoms with Gasteiger partial charge in [-0.25, -0.2) is 0 Å². The number of unbranched alkanes of at least 4 members (excludes halogenated alkanes) is 2. The van der Waals surface area contributed by atoms with Crippen molar-refractivity contribution >= 4 is 5.78 Å². The standard InChI is InChI=1S/C14H24O2/c1-2-3-4-6-13(15)12-7-10-16-14(11-12)8-5-9-14/h12H,2-11H2,1H3. The van der Waals surface area contributed by atoms with Crippen LogP contribution in [0, 0.1) is 5.92 Å². The van der Waals surface area contributed by atoms with Gasteiger partial charge in [-0.3, -0.25) is 4.79 Å². The van der Waals surface area contributed by atoms with E-state index in [1.807, 2.05) is 0 Å². The van der Waals surface area contributed by atoms with E-state index in [1.54, 1.807) is 0 Å². The number of rotatable bonds is 5. The Labute approximate surface area is 98.7 Å². The fourth-order valence-corrected chi connectivity index (χ4v) is 2.98. The van der Waals surface area contributed by atoms with Crippen molar-refractivity contribution in [1.29, 1.82) is 0 Å². The lowest BCUT2D eigenvalue weighted by molar-refractivity contribution is -0.155. The molecule has 1 aliphatic carbocycles. The predicted molar refractivity (Wildman–Crippen MR) is 64.4 cm³/mol. The van der Waals surface area contributed by atoms with Crippen LogP contribution in [0.2, 0.25) is 0 Å². The normalized spacial score (nSPS) is 27.7. The number of carbonyl (C=O) groups excluding carboxylic acids is 1. The van der Waals surface area contributed by atoms with E-state index in [0.29, 0.717) is 11.7 Å². The molecule has 1 unspecified atom stereocenters. The summed E-state index contributed by atoms with van der Waals surface area (Å²) in [6, 6.07) is 0. The van der Waals surface area contributed by atoms with E-state index in [-0.39, 0.29) is 5.60 Å². The third kappa shape index (κ3) is 2.65. The van der Waals surface area contributed by atoms with Gasteiger partial charge in [0, 0.05) is 18.9 Å². The highest BCUT2D eigenvalue weighted by Gasteiger charge is 2.43. The lowest BCUT2D eigenvalue weighted by Gasteiger charge is -2.46. The largest absolute Gasteiger partial charge is 0.375 e. The van der Waals surface area contributed by atoms with Gasteiger partial charge in [0.1, 0.15) is 5.78 Å². The molecule has 2 fully saturated rings. The Bertz CT molecular complexity index is 243. The van der Waals surface area contributed by atoms with Crippen LogP contribution in [0.5, 0.6) is 0 Å². The zero-order valence-corrected chi connectivity index (χ0v) is 10.5. The van der Waals surface area contributed by atoms with Gasteiger partial charge in [0.15, 0.2) is 0 Å². The van der Waals surface area contributed by atoms with Crippen molar-refractivity contribution in [3.63, 3.8) is 0 Å². The molecule has 1 saturated heterocycles. The van der Waals surface area contributed by atoms with Gasteiger partial charge in [0.25, 0.3) is 0 Å². The van der Waals surface area contributed by atoms with Crippen molar-refractivity contribution < 1.29 is 9.53 Å². The lowest BCUT2D eigenvalue weighted by Crippen LogP contribution is -2.47. The van der Waals surface area contributed by atoms with E-state index in [0.717, 1.165) is 32.3 Å². The predicted octanol–water partition coefficient (Wildman–Crippen LogP) is 3.49. The fraction of sp³-hybridized carbons (Fsp3) is 0.929. The minimum absolute atomic E-state index is 0.128. The van der Waals surface area contributed by atoms with E-state index < -0.39 is 0 Å². The van der Waals surface area contributed by atoms with Gasteiger partial charge in [-0.15, -0.1) is 0 Å². The Hall–Kier alpha value is -0.370. The summed E-state index contributed by atoms with van der Waals surface area (Å²) >= 11 is 0. The lowest BCUT2D eigenvalue weighted by atomic mass is 9.71. The molecule has 1 heterocycles. The van der Waals surface area contributed by atoms with Crippen LogP contribution in [0.4, 0.5) is 0 Å². The molecule has 0 amide bonds. The molecule has 0 aromatic heterocycles. The van der Waals surface area contributed by atoms with Gasteiger partial charge in [-0.1, -0.05) is 19.8 Å². The second-order valence-corrected chi connectivity index (χ2v) is 5.50. The third-order valence-electron chi connectivity index (χ3n) is 4.24. The molecule has 0 aromatic carbocycles. The number of ether oxygens (including phenoxy) is 1. The van der Waals surface area contributed by atoms with Crippen LogP contribution in [0.3, 0.4) is 0 Å². The quantitative estimate of drug-likeness (QED) is 0.668. The summed E-state index contributed by atoms with van der Waals surface area (Å²) in [6.07, 6.45) is 9.91. The Kier molecular flexibility index (Phi) is 4.01. The molecule has 1 atom stereocenters. The van der Waals surface area contributed by atoms with Crippen LogP contribution >= 0.6 is 0 Å². The molecule has 16 heavy (non-hydrogen) atoms. The zero-order chi connectivity index (χ0) is 11.4. The van der Waals surface area contributed by atoms with Crippen LogP contribution in [0.25, 0.3) is 0 Å². The molecule has 0 bridgehead atoms. The van der Waals surface area contributed by atoms with Crippen LogP contribution in [-0.2, 0) is 9.53 Å². The molecule has 0 radical (unpaired) electrons. The van der Waals surface area contributed by atoms with Crippen molar-refractivity contribution in [2.75, 3.05) is 6.61 Å². The summed E-state index contributed by atoms with van der Waals surface area (Å²) in [5.41, 5.74) is 0.128. The fourth-order valence-electron chi connectivity index (χ4n) is 2.98. The van der Waals surface area contributed by atoms with E-state index >= 15 is 0 Å². The van der Waals surface area contributed by atoms with Crippen LogP contribution < -0.4 is 0 Å². The van der Waals surface area contributed by atoms with Crippen molar-refractivity contribution in [3.05, 3.63) is 0 Å². The molecule has 2 rings (SSSR count). The maximum absolute atomic E-state index is 12.0. The van der Waals surface area contributed by atoms with Crippen LogP contribution in [0.15, 0.2) is 0 Å². The molecule has 2 aliphatic rings. The van der Waals surface area contributed by atoms with Gasteiger partial charge in [0.05, 0.1) is 5.60 Å². The second kappa shape index (κ2) is 5.31. The Morgan fingerprint density at radius 1 is 1.38 bits per heavy atom. The maximum Gasteiger partial charge on any atom is 0.136 e. The molecule has 0 aromatic rings. The van der Waals surface area contributed by atoms with Crippen LogP contribution in [-0.4, -0.2) is 18.0 Å². The van der Waals surface area contributed by atoms with Crippen LogP contribution in [0.1, 0.15) is 64.7 Å². The summed E-state index contributed by atoms with van der Waals surface area (Å²) in [7, 11) is 0. The first-order valence-electron chi connectivity index (χ1n) is 6.92. The summed E-state index contributed by atoms with van der Waals surface area (Å²) < 4.78 is 5.86. The number of Topliss-reactive ketones (excluding diaryl/α,β-unsaturated/α-hetero) is 1. The van der Waals surface area contributed by atoms with Crippen molar-refractivity contribution in [1.82, 2.24) is 0 Å². The van der Waals surface area contributed by atoms with E-state index in [2.05, 4.69) is 6.92 Å². The molecule has 1 saturated carbocycles. The number of carbonyl (C=O) groups is 1. The number of ketones is 1. The number of hydrogen-bond acceptors (Lipinski definition) is 2. The first kappa shape index (κ1) is 12.1. The molecule has 2 heteroatoms. The number of hydrogen-bond donors (Lipinski definition) is 0. The monoisotopic (exact) mass is 224 g/mol. The Balaban J connectivity index is 1.77. The third-order valence-corrected chi connectivity index (χ3v) is 4.24. The SMILES string of the molecule is CCCCCC(=O)C1CCOC2(CCC2)C1. The average Bonchev–Trinajstić information content (AvgIpc) is 2.27. The summed E-state index contributed by atoms with van der Waals surface area (Å²) in [5, 5.41) is 0. The first-order valence-corrected chi connectivity index (χ1v) is 6.92. The highest BCUT2D eigenvalue weighted by molar-refractivity contribution is 5.81. The van der Waals surface area contributed by atoms with Gasteiger partial charge in [0.2, 0.25) is 0 Å². The molecule has 92 valence electrons. The maximum atomic E-state index is 12.0. The summed E-state index contributed by atoms with van der Waals surface area (Å²) in [5.74, 6) is 0.814. The highest BCUT2D eigenvalue weighted by atomic mass is 16.5. The highest BCUT2D eigenvalue weighted by Crippen LogP contribution is 2.44. The molecule has 2 nitrogen and oxygen atoms in total. The van der Waals surface area contributed by atoms with Gasteiger partial charge < -0.3 is 4.74 Å². The molecule has 1 aliphatic heterocycles. The Morgan fingerprint density at radius 2 is 2.19 bits per heavy atom. The summed E-state index contributed by atoms with van der Waals surface area (Å²) in [6.45, 7) is 2.99. The topological polar surface area (TPSA) is 26.3 Å². The van der Waals surface area contributed by atoms with Crippen molar-refractivity contribution in [2.45, 2.75) is 70.3 Å². The van der Waals surface area contributed by atoms with Gasteiger partial charge >= 0.3 is 0 Å².